The van der Waals surface area contributed by atoms with Gasteiger partial charge in [-0.25, -0.2) is 8.93 Å². The summed E-state index contributed by atoms with van der Waals surface area (Å²) in [5.74, 6) is 0.675. The van der Waals surface area contributed by atoms with Gasteiger partial charge in [-0.15, -0.1) is 11.6 Å². The van der Waals surface area contributed by atoms with Crippen molar-refractivity contribution in [3.63, 3.8) is 0 Å². The molecule has 0 bridgehead atoms. The van der Waals surface area contributed by atoms with Crippen LogP contribution >= 0.6 is 11.6 Å². The standard InChI is InChI=1S/C12H20ClNOS/c1-9(2,3)16(15)14-11(5-6-11)12-7-8(12)10(12,4)13/h8,14H,5-7H2,1-4H3/t8?,10?,12-,16-/m1/s1. The fraction of sp³-hybridized carbons (Fsp3) is 1.00. The van der Waals surface area contributed by atoms with Crippen LogP contribution < -0.4 is 4.72 Å². The quantitative estimate of drug-likeness (QED) is 0.778. The van der Waals surface area contributed by atoms with Gasteiger partial charge in [-0.2, -0.15) is 0 Å². The molecule has 0 aromatic rings. The minimum absolute atomic E-state index is 0.0153. The Hall–Kier alpha value is 0.400. The van der Waals surface area contributed by atoms with Gasteiger partial charge in [0.2, 0.25) is 0 Å². The Bertz CT molecular complexity index is 383. The zero-order valence-corrected chi connectivity index (χ0v) is 12.0. The van der Waals surface area contributed by atoms with Crippen LogP contribution in [0.15, 0.2) is 0 Å². The van der Waals surface area contributed by atoms with E-state index in [9.17, 15) is 4.21 Å². The average molecular weight is 262 g/mol. The Morgan fingerprint density at radius 3 is 2.12 bits per heavy atom. The molecule has 2 nitrogen and oxygen atoms in total. The van der Waals surface area contributed by atoms with Crippen molar-refractivity contribution in [2.24, 2.45) is 11.3 Å². The summed E-state index contributed by atoms with van der Waals surface area (Å²) in [6, 6.07) is 0. The van der Waals surface area contributed by atoms with Gasteiger partial charge in [0.05, 0.1) is 20.6 Å². The van der Waals surface area contributed by atoms with E-state index in [4.69, 9.17) is 11.6 Å². The lowest BCUT2D eigenvalue weighted by Gasteiger charge is -2.29. The second-order valence-electron chi connectivity index (χ2n) is 6.87. The molecule has 0 aromatic carbocycles. The molecule has 0 heterocycles. The van der Waals surface area contributed by atoms with E-state index in [0.717, 1.165) is 12.8 Å². The minimum atomic E-state index is -0.966. The summed E-state index contributed by atoms with van der Waals surface area (Å²) < 4.78 is 15.4. The van der Waals surface area contributed by atoms with Gasteiger partial charge < -0.3 is 0 Å². The summed E-state index contributed by atoms with van der Waals surface area (Å²) >= 11 is 6.48. The van der Waals surface area contributed by atoms with Gasteiger partial charge in [0.25, 0.3) is 0 Å². The molecule has 4 atom stereocenters. The van der Waals surface area contributed by atoms with Crippen molar-refractivity contribution in [1.29, 1.82) is 0 Å². The first kappa shape index (κ1) is 11.5. The zero-order chi connectivity index (χ0) is 12.0. The van der Waals surface area contributed by atoms with Gasteiger partial charge in [0.15, 0.2) is 0 Å². The Balaban J connectivity index is 1.75. The third-order valence-corrected chi connectivity index (χ3v) is 7.14. The maximum atomic E-state index is 12.2. The van der Waals surface area contributed by atoms with Crippen molar-refractivity contribution in [2.75, 3.05) is 0 Å². The highest BCUT2D eigenvalue weighted by atomic mass is 35.5. The molecular formula is C12H20ClNOS. The SMILES string of the molecule is CC(C)(C)[S@@](=O)NC1([C@]23CC2C3(C)Cl)CC1. The van der Waals surface area contributed by atoms with Crippen molar-refractivity contribution in [3.05, 3.63) is 0 Å². The smallest absolute Gasteiger partial charge is 0.0975 e. The van der Waals surface area contributed by atoms with Crippen LogP contribution in [0.3, 0.4) is 0 Å². The van der Waals surface area contributed by atoms with Crippen molar-refractivity contribution >= 4 is 22.6 Å². The van der Waals surface area contributed by atoms with Crippen LogP contribution in [0, 0.1) is 11.3 Å². The van der Waals surface area contributed by atoms with Gasteiger partial charge in [-0.1, -0.05) is 0 Å². The lowest BCUT2D eigenvalue weighted by Crippen LogP contribution is -2.46. The molecule has 0 aromatic heterocycles. The predicted octanol–water partition coefficient (Wildman–Crippen LogP) is 2.59. The number of nitrogens with one attached hydrogen (secondary N) is 1. The van der Waals surface area contributed by atoms with Crippen molar-refractivity contribution < 1.29 is 4.21 Å². The van der Waals surface area contributed by atoms with Gasteiger partial charge in [-0.05, 0) is 52.9 Å². The largest absolute Gasteiger partial charge is 0.242 e. The molecule has 3 rings (SSSR count). The number of hydrogen-bond donors (Lipinski definition) is 1. The highest BCUT2D eigenvalue weighted by Gasteiger charge is 2.94. The molecule has 3 saturated carbocycles. The second kappa shape index (κ2) is 2.70. The normalized spacial score (nSPS) is 49.4. The fourth-order valence-corrected chi connectivity index (χ4v) is 5.01. The van der Waals surface area contributed by atoms with Crippen molar-refractivity contribution in [1.82, 2.24) is 4.72 Å². The summed E-state index contributed by atoms with van der Waals surface area (Å²) in [4.78, 5) is -0.0153. The van der Waals surface area contributed by atoms with E-state index in [1.165, 1.54) is 6.42 Å². The lowest BCUT2D eigenvalue weighted by molar-refractivity contribution is 0.400. The summed E-state index contributed by atoms with van der Waals surface area (Å²) in [5, 5.41) is 0. The fourth-order valence-electron chi connectivity index (χ4n) is 3.36. The summed E-state index contributed by atoms with van der Waals surface area (Å²) in [7, 11) is -0.966. The number of alkyl halides is 1. The van der Waals surface area contributed by atoms with E-state index in [2.05, 4.69) is 11.6 Å². The zero-order valence-electron chi connectivity index (χ0n) is 10.4. The molecule has 0 amide bonds. The first-order valence-electron chi connectivity index (χ1n) is 6.06. The van der Waals surface area contributed by atoms with Crippen LogP contribution in [0.2, 0.25) is 0 Å². The van der Waals surface area contributed by atoms with E-state index in [1.807, 2.05) is 20.8 Å². The first-order valence-corrected chi connectivity index (χ1v) is 7.59. The molecular weight excluding hydrogens is 242 g/mol. The van der Waals surface area contributed by atoms with E-state index >= 15 is 0 Å². The molecule has 3 fully saturated rings. The van der Waals surface area contributed by atoms with Crippen LogP contribution in [0.5, 0.6) is 0 Å². The molecule has 3 aliphatic carbocycles. The van der Waals surface area contributed by atoms with E-state index in [-0.39, 0.29) is 20.6 Å². The highest BCUT2D eigenvalue weighted by molar-refractivity contribution is 7.84. The van der Waals surface area contributed by atoms with Crippen LogP contribution in [0.25, 0.3) is 0 Å². The molecule has 0 spiro atoms. The lowest BCUT2D eigenvalue weighted by atomic mass is 9.96. The van der Waals surface area contributed by atoms with Crippen LogP contribution in [-0.2, 0) is 11.0 Å². The minimum Gasteiger partial charge on any atom is -0.242 e. The van der Waals surface area contributed by atoms with Crippen LogP contribution in [0.1, 0.15) is 47.0 Å². The summed E-state index contributed by atoms with van der Waals surface area (Å²) in [6.45, 7) is 8.19. The predicted molar refractivity (Wildman–Crippen MR) is 67.8 cm³/mol. The molecule has 16 heavy (non-hydrogen) atoms. The molecule has 0 radical (unpaired) electrons. The van der Waals surface area contributed by atoms with Gasteiger partial charge in [0.1, 0.15) is 0 Å². The summed E-state index contributed by atoms with van der Waals surface area (Å²) in [6.07, 6.45) is 3.53. The van der Waals surface area contributed by atoms with E-state index in [1.54, 1.807) is 0 Å². The third kappa shape index (κ3) is 1.15. The number of hydrogen-bond acceptors (Lipinski definition) is 1. The number of fused-ring (bicyclic) bond motifs is 1. The van der Waals surface area contributed by atoms with Crippen LogP contribution in [0.4, 0.5) is 0 Å². The molecule has 0 aliphatic heterocycles. The molecule has 4 heteroatoms. The molecule has 1 N–H and O–H groups in total. The number of rotatable bonds is 3. The van der Waals surface area contributed by atoms with Gasteiger partial charge >= 0.3 is 0 Å². The molecule has 3 aliphatic rings. The van der Waals surface area contributed by atoms with Crippen LogP contribution in [-0.4, -0.2) is 19.4 Å². The monoisotopic (exact) mass is 261 g/mol. The Kier molecular flexibility index (Phi) is 1.94. The van der Waals surface area contributed by atoms with Crippen molar-refractivity contribution in [3.8, 4) is 0 Å². The first-order chi connectivity index (χ1) is 7.17. The Labute approximate surface area is 105 Å². The number of halogens is 1. The summed E-state index contributed by atoms with van der Waals surface area (Å²) in [5.41, 5.74) is 0.384. The maximum absolute atomic E-state index is 12.2. The molecule has 0 saturated heterocycles. The second-order valence-corrected chi connectivity index (χ2v) is 9.62. The maximum Gasteiger partial charge on any atom is 0.0975 e. The van der Waals surface area contributed by atoms with E-state index in [0.29, 0.717) is 5.92 Å². The van der Waals surface area contributed by atoms with E-state index < -0.39 is 11.0 Å². The third-order valence-electron chi connectivity index (χ3n) is 4.85. The molecule has 92 valence electrons. The van der Waals surface area contributed by atoms with Gasteiger partial charge in [0, 0.05) is 11.0 Å². The Morgan fingerprint density at radius 1 is 1.38 bits per heavy atom. The van der Waals surface area contributed by atoms with Crippen molar-refractivity contribution in [2.45, 2.75) is 62.1 Å². The average Bonchev–Trinajstić information content (AvgIpc) is 2.98. The van der Waals surface area contributed by atoms with Gasteiger partial charge in [-0.3, -0.25) is 0 Å². The molecule has 2 unspecified atom stereocenters. The topological polar surface area (TPSA) is 29.1 Å². The Morgan fingerprint density at radius 2 is 1.88 bits per heavy atom. The highest BCUT2D eigenvalue weighted by Crippen LogP contribution is 2.92.